The first-order chi connectivity index (χ1) is 9.28. The Morgan fingerprint density at radius 2 is 2.21 bits per heavy atom. The summed E-state index contributed by atoms with van der Waals surface area (Å²) in [4.78, 5) is 13.9. The molecule has 1 unspecified atom stereocenters. The zero-order chi connectivity index (χ0) is 13.5. The maximum atomic E-state index is 11.5. The first-order valence-electron chi connectivity index (χ1n) is 6.93. The van der Waals surface area contributed by atoms with E-state index in [1.807, 2.05) is 13.0 Å². The number of rotatable bonds is 5. The van der Waals surface area contributed by atoms with Crippen LogP contribution in [0.1, 0.15) is 18.9 Å². The van der Waals surface area contributed by atoms with E-state index in [0.717, 1.165) is 26.2 Å². The Morgan fingerprint density at radius 1 is 1.42 bits per heavy atom. The molecule has 0 saturated carbocycles. The fourth-order valence-corrected chi connectivity index (χ4v) is 2.44. The van der Waals surface area contributed by atoms with Crippen molar-refractivity contribution in [2.75, 3.05) is 26.2 Å². The van der Waals surface area contributed by atoms with Crippen molar-refractivity contribution in [3.63, 3.8) is 0 Å². The molecule has 1 fully saturated rings. The van der Waals surface area contributed by atoms with Gasteiger partial charge in [0.25, 0.3) is 0 Å². The summed E-state index contributed by atoms with van der Waals surface area (Å²) in [6.45, 7) is 6.09. The average molecular weight is 262 g/mol. The van der Waals surface area contributed by atoms with Crippen molar-refractivity contribution in [2.45, 2.75) is 25.9 Å². The SMILES string of the molecule is CCOC(=O)CC1CN(Cc2ccccc2)CCN1. The van der Waals surface area contributed by atoms with Crippen LogP contribution >= 0.6 is 0 Å². The van der Waals surface area contributed by atoms with Crippen molar-refractivity contribution >= 4 is 5.97 Å². The second-order valence-electron chi connectivity index (χ2n) is 4.88. The molecule has 0 bridgehead atoms. The molecule has 0 amide bonds. The first kappa shape index (κ1) is 14.0. The Bertz CT molecular complexity index is 394. The highest BCUT2D eigenvalue weighted by Crippen LogP contribution is 2.09. The van der Waals surface area contributed by atoms with Gasteiger partial charge in [-0.1, -0.05) is 30.3 Å². The molecular weight excluding hydrogens is 240 g/mol. The summed E-state index contributed by atoms with van der Waals surface area (Å²) in [6.07, 6.45) is 0.457. The van der Waals surface area contributed by atoms with E-state index in [9.17, 15) is 4.79 Å². The molecule has 0 radical (unpaired) electrons. The number of nitrogens with zero attached hydrogens (tertiary/aromatic N) is 1. The number of carbonyl (C=O) groups is 1. The summed E-state index contributed by atoms with van der Waals surface area (Å²) < 4.78 is 5.00. The van der Waals surface area contributed by atoms with Crippen molar-refractivity contribution in [3.8, 4) is 0 Å². The molecule has 0 aliphatic carbocycles. The molecule has 104 valence electrons. The minimum Gasteiger partial charge on any atom is -0.466 e. The molecule has 0 aromatic heterocycles. The lowest BCUT2D eigenvalue weighted by Gasteiger charge is -2.33. The molecule has 4 heteroatoms. The van der Waals surface area contributed by atoms with E-state index in [4.69, 9.17) is 4.74 Å². The molecular formula is C15H22N2O2. The topological polar surface area (TPSA) is 41.6 Å². The summed E-state index contributed by atoms with van der Waals surface area (Å²) in [6, 6.07) is 10.6. The third-order valence-corrected chi connectivity index (χ3v) is 3.31. The zero-order valence-corrected chi connectivity index (χ0v) is 11.5. The van der Waals surface area contributed by atoms with Gasteiger partial charge < -0.3 is 10.1 Å². The van der Waals surface area contributed by atoms with Crippen molar-refractivity contribution in [2.24, 2.45) is 0 Å². The number of ether oxygens (including phenoxy) is 1. The summed E-state index contributed by atoms with van der Waals surface area (Å²) in [5.74, 6) is -0.110. The van der Waals surface area contributed by atoms with Crippen LogP contribution < -0.4 is 5.32 Å². The number of piperazine rings is 1. The molecule has 4 nitrogen and oxygen atoms in total. The van der Waals surface area contributed by atoms with E-state index in [0.29, 0.717) is 13.0 Å². The van der Waals surface area contributed by atoms with Gasteiger partial charge in [-0.05, 0) is 12.5 Å². The normalized spacial score (nSPS) is 20.2. The van der Waals surface area contributed by atoms with Crippen LogP contribution in [0.2, 0.25) is 0 Å². The summed E-state index contributed by atoms with van der Waals surface area (Å²) in [7, 11) is 0. The number of hydrogen-bond acceptors (Lipinski definition) is 4. The second kappa shape index (κ2) is 7.26. The first-order valence-corrected chi connectivity index (χ1v) is 6.93. The van der Waals surface area contributed by atoms with Gasteiger partial charge in [0.15, 0.2) is 0 Å². The van der Waals surface area contributed by atoms with E-state index in [2.05, 4.69) is 34.5 Å². The van der Waals surface area contributed by atoms with Gasteiger partial charge in [-0.25, -0.2) is 0 Å². The monoisotopic (exact) mass is 262 g/mol. The van der Waals surface area contributed by atoms with Crippen LogP contribution in [0.3, 0.4) is 0 Å². The number of esters is 1. The molecule has 1 saturated heterocycles. The van der Waals surface area contributed by atoms with Crippen molar-refractivity contribution in [1.82, 2.24) is 10.2 Å². The Labute approximate surface area is 114 Å². The Morgan fingerprint density at radius 3 is 2.95 bits per heavy atom. The quantitative estimate of drug-likeness (QED) is 0.815. The molecule has 1 heterocycles. The molecule has 1 N–H and O–H groups in total. The molecule has 1 aliphatic heterocycles. The van der Waals surface area contributed by atoms with Crippen LogP contribution in [-0.4, -0.2) is 43.2 Å². The number of hydrogen-bond donors (Lipinski definition) is 1. The number of carbonyl (C=O) groups excluding carboxylic acids is 1. The summed E-state index contributed by atoms with van der Waals surface area (Å²) in [5, 5.41) is 3.38. The molecule has 1 atom stereocenters. The van der Waals surface area contributed by atoms with E-state index < -0.39 is 0 Å². The zero-order valence-electron chi connectivity index (χ0n) is 11.5. The van der Waals surface area contributed by atoms with Crippen LogP contribution in [0.15, 0.2) is 30.3 Å². The maximum Gasteiger partial charge on any atom is 0.307 e. The minimum absolute atomic E-state index is 0.110. The molecule has 1 aromatic rings. The molecule has 2 rings (SSSR count). The van der Waals surface area contributed by atoms with E-state index in [-0.39, 0.29) is 12.0 Å². The van der Waals surface area contributed by atoms with Gasteiger partial charge in [0.2, 0.25) is 0 Å². The van der Waals surface area contributed by atoms with E-state index in [1.165, 1.54) is 5.56 Å². The van der Waals surface area contributed by atoms with Gasteiger partial charge in [-0.2, -0.15) is 0 Å². The van der Waals surface area contributed by atoms with Crippen molar-refractivity contribution in [3.05, 3.63) is 35.9 Å². The Balaban J connectivity index is 1.82. The smallest absolute Gasteiger partial charge is 0.307 e. The lowest BCUT2D eigenvalue weighted by molar-refractivity contribution is -0.144. The average Bonchev–Trinajstić information content (AvgIpc) is 2.40. The molecule has 0 spiro atoms. The fraction of sp³-hybridized carbons (Fsp3) is 0.533. The van der Waals surface area contributed by atoms with Gasteiger partial charge in [0.1, 0.15) is 0 Å². The third-order valence-electron chi connectivity index (χ3n) is 3.31. The van der Waals surface area contributed by atoms with Crippen molar-refractivity contribution in [1.29, 1.82) is 0 Å². The van der Waals surface area contributed by atoms with E-state index in [1.54, 1.807) is 0 Å². The highest BCUT2D eigenvalue weighted by Gasteiger charge is 2.22. The second-order valence-corrected chi connectivity index (χ2v) is 4.88. The van der Waals surface area contributed by atoms with Crippen LogP contribution in [0.4, 0.5) is 0 Å². The Hall–Kier alpha value is -1.39. The molecule has 1 aromatic carbocycles. The predicted molar refractivity (Wildman–Crippen MR) is 74.8 cm³/mol. The highest BCUT2D eigenvalue weighted by atomic mass is 16.5. The molecule has 19 heavy (non-hydrogen) atoms. The van der Waals surface area contributed by atoms with Gasteiger partial charge in [0, 0.05) is 32.2 Å². The van der Waals surface area contributed by atoms with Gasteiger partial charge in [-0.3, -0.25) is 9.69 Å². The van der Waals surface area contributed by atoms with Crippen LogP contribution in [0, 0.1) is 0 Å². The van der Waals surface area contributed by atoms with Crippen molar-refractivity contribution < 1.29 is 9.53 Å². The molecule has 1 aliphatic rings. The largest absolute Gasteiger partial charge is 0.466 e. The van der Waals surface area contributed by atoms with Crippen LogP contribution in [0.5, 0.6) is 0 Å². The van der Waals surface area contributed by atoms with E-state index >= 15 is 0 Å². The Kier molecular flexibility index (Phi) is 5.36. The third kappa shape index (κ3) is 4.65. The van der Waals surface area contributed by atoms with Crippen LogP contribution in [-0.2, 0) is 16.1 Å². The van der Waals surface area contributed by atoms with Gasteiger partial charge in [0.05, 0.1) is 13.0 Å². The lowest BCUT2D eigenvalue weighted by Crippen LogP contribution is -2.51. The number of nitrogens with one attached hydrogen (secondary N) is 1. The summed E-state index contributed by atoms with van der Waals surface area (Å²) >= 11 is 0. The fourth-order valence-electron chi connectivity index (χ4n) is 2.44. The van der Waals surface area contributed by atoms with Gasteiger partial charge >= 0.3 is 5.97 Å². The predicted octanol–water partition coefficient (Wildman–Crippen LogP) is 1.41. The van der Waals surface area contributed by atoms with Gasteiger partial charge in [-0.15, -0.1) is 0 Å². The van der Waals surface area contributed by atoms with Crippen LogP contribution in [0.25, 0.3) is 0 Å². The minimum atomic E-state index is -0.110. The summed E-state index contributed by atoms with van der Waals surface area (Å²) in [5.41, 5.74) is 1.32. The standard InChI is InChI=1S/C15H22N2O2/c1-2-19-15(18)10-14-12-17(9-8-16-14)11-13-6-4-3-5-7-13/h3-7,14,16H,2,8-12H2,1H3. The highest BCUT2D eigenvalue weighted by molar-refractivity contribution is 5.70. The lowest BCUT2D eigenvalue weighted by atomic mass is 10.1. The maximum absolute atomic E-state index is 11.5. The number of benzene rings is 1.